The van der Waals surface area contributed by atoms with Crippen molar-refractivity contribution in [3.05, 3.63) is 77.1 Å². The van der Waals surface area contributed by atoms with Crippen LogP contribution in [0.25, 0.3) is 22.0 Å². The zero-order valence-corrected chi connectivity index (χ0v) is 19.0. The minimum atomic E-state index is -0.312. The Balaban J connectivity index is 1.67. The van der Waals surface area contributed by atoms with Crippen LogP contribution in [-0.2, 0) is 0 Å². The van der Waals surface area contributed by atoms with Gasteiger partial charge in [-0.05, 0) is 49.7 Å². The Kier molecular flexibility index (Phi) is 6.24. The predicted octanol–water partition coefficient (Wildman–Crippen LogP) is 4.60. The maximum absolute atomic E-state index is 13.3. The number of fused-ring (bicyclic) bond motifs is 1. The second kappa shape index (κ2) is 9.43. The average Bonchev–Trinajstić information content (AvgIpc) is 3.37. The summed E-state index contributed by atoms with van der Waals surface area (Å²) in [7, 11) is 1.71. The fraction of sp³-hybridized carbons (Fsp3) is 0.192. The number of hydrogen-bond donors (Lipinski definition) is 1. The first-order valence-corrected chi connectivity index (χ1v) is 10.8. The summed E-state index contributed by atoms with van der Waals surface area (Å²) in [4.78, 5) is 19.5. The maximum atomic E-state index is 13.3. The van der Waals surface area contributed by atoms with Gasteiger partial charge in [0.05, 0.1) is 47.6 Å². The van der Waals surface area contributed by atoms with Gasteiger partial charge in [-0.2, -0.15) is 15.6 Å². The molecule has 8 nitrogen and oxygen atoms in total. The molecule has 0 aliphatic rings. The van der Waals surface area contributed by atoms with E-state index in [1.54, 1.807) is 54.5 Å². The SMILES string of the molecule is CCOc1nc(C(=O)N(C)[C@H](C)c2ccc(C#N)c3cn[nH]c23)ccc1-c1cccc(C#N)c1. The summed E-state index contributed by atoms with van der Waals surface area (Å²) < 4.78 is 5.74. The molecular weight excluding hydrogens is 428 g/mol. The largest absolute Gasteiger partial charge is 0.478 e. The molecule has 0 radical (unpaired) electrons. The summed E-state index contributed by atoms with van der Waals surface area (Å²) in [5.74, 6) is 0.0571. The van der Waals surface area contributed by atoms with Crippen LogP contribution in [0.3, 0.4) is 0 Å². The van der Waals surface area contributed by atoms with Crippen molar-refractivity contribution in [3.8, 4) is 29.1 Å². The zero-order valence-electron chi connectivity index (χ0n) is 19.0. The van der Waals surface area contributed by atoms with Gasteiger partial charge in [0, 0.05) is 23.6 Å². The number of H-pyrrole nitrogens is 1. The van der Waals surface area contributed by atoms with Gasteiger partial charge in [0.25, 0.3) is 5.91 Å². The number of carbonyl (C=O) groups is 1. The number of nitrogens with zero attached hydrogens (tertiary/aromatic N) is 5. The monoisotopic (exact) mass is 450 g/mol. The van der Waals surface area contributed by atoms with E-state index in [0.29, 0.717) is 34.6 Å². The molecule has 2 heterocycles. The minimum absolute atomic E-state index is 0.243. The average molecular weight is 451 g/mol. The van der Waals surface area contributed by atoms with Gasteiger partial charge in [-0.15, -0.1) is 0 Å². The minimum Gasteiger partial charge on any atom is -0.478 e. The van der Waals surface area contributed by atoms with Gasteiger partial charge < -0.3 is 9.64 Å². The first-order chi connectivity index (χ1) is 16.5. The molecule has 0 aliphatic heterocycles. The Hall–Kier alpha value is -4.69. The van der Waals surface area contributed by atoms with Crippen LogP contribution in [0.1, 0.15) is 47.1 Å². The molecule has 0 saturated carbocycles. The lowest BCUT2D eigenvalue weighted by molar-refractivity contribution is 0.0736. The second-order valence-corrected chi connectivity index (χ2v) is 7.74. The van der Waals surface area contributed by atoms with Crippen molar-refractivity contribution in [1.29, 1.82) is 10.5 Å². The van der Waals surface area contributed by atoms with Gasteiger partial charge in [0.2, 0.25) is 5.88 Å². The molecule has 168 valence electrons. The quantitative estimate of drug-likeness (QED) is 0.458. The Bertz CT molecular complexity index is 1460. The van der Waals surface area contributed by atoms with E-state index >= 15 is 0 Å². The smallest absolute Gasteiger partial charge is 0.272 e. The van der Waals surface area contributed by atoms with Crippen LogP contribution < -0.4 is 4.74 Å². The molecule has 0 saturated heterocycles. The standard InChI is InChI=1S/C26H22N6O2/c1-4-34-25-21(18-7-5-6-17(12-18)13-27)10-11-23(30-25)26(33)32(3)16(2)20-9-8-19(14-28)22-15-29-31-24(20)22/h5-12,15-16H,4H2,1-3H3,(H,29,31)/t16-/m1/s1. The van der Waals surface area contributed by atoms with E-state index in [4.69, 9.17) is 4.74 Å². The van der Waals surface area contributed by atoms with Crippen molar-refractivity contribution in [2.45, 2.75) is 19.9 Å². The molecule has 1 N–H and O–H groups in total. The van der Waals surface area contributed by atoms with Gasteiger partial charge in [0.1, 0.15) is 5.69 Å². The molecule has 34 heavy (non-hydrogen) atoms. The van der Waals surface area contributed by atoms with Crippen molar-refractivity contribution in [2.75, 3.05) is 13.7 Å². The van der Waals surface area contributed by atoms with Gasteiger partial charge in [-0.25, -0.2) is 4.98 Å². The van der Waals surface area contributed by atoms with Crippen LogP contribution in [0.2, 0.25) is 0 Å². The maximum Gasteiger partial charge on any atom is 0.272 e. The number of pyridine rings is 1. The van der Waals surface area contributed by atoms with Crippen molar-refractivity contribution in [3.63, 3.8) is 0 Å². The number of nitrogens with one attached hydrogen (secondary N) is 1. The number of benzene rings is 2. The van der Waals surface area contributed by atoms with E-state index in [0.717, 1.165) is 16.6 Å². The topological polar surface area (TPSA) is 119 Å². The van der Waals surface area contributed by atoms with Crippen molar-refractivity contribution in [1.82, 2.24) is 20.1 Å². The van der Waals surface area contributed by atoms with E-state index < -0.39 is 0 Å². The van der Waals surface area contributed by atoms with Crippen LogP contribution in [0.5, 0.6) is 5.88 Å². The number of carbonyl (C=O) groups excluding carboxylic acids is 1. The highest BCUT2D eigenvalue weighted by Gasteiger charge is 2.24. The highest BCUT2D eigenvalue weighted by atomic mass is 16.5. The molecule has 4 rings (SSSR count). The van der Waals surface area contributed by atoms with Crippen LogP contribution in [0.15, 0.2) is 54.7 Å². The Morgan fingerprint density at radius 2 is 2.00 bits per heavy atom. The highest BCUT2D eigenvalue weighted by molar-refractivity contribution is 5.94. The van der Waals surface area contributed by atoms with E-state index in [9.17, 15) is 15.3 Å². The Morgan fingerprint density at radius 1 is 1.18 bits per heavy atom. The fourth-order valence-corrected chi connectivity index (χ4v) is 3.85. The van der Waals surface area contributed by atoms with Gasteiger partial charge in [-0.1, -0.05) is 18.2 Å². The molecule has 4 aromatic rings. The Morgan fingerprint density at radius 3 is 2.74 bits per heavy atom. The lowest BCUT2D eigenvalue weighted by Gasteiger charge is -2.26. The molecule has 2 aromatic carbocycles. The highest BCUT2D eigenvalue weighted by Crippen LogP contribution is 2.31. The Labute approximate surface area is 197 Å². The molecular formula is C26H22N6O2. The van der Waals surface area contributed by atoms with E-state index in [1.807, 2.05) is 26.0 Å². The van der Waals surface area contributed by atoms with Gasteiger partial charge in [0.15, 0.2) is 0 Å². The lowest BCUT2D eigenvalue weighted by Crippen LogP contribution is -2.30. The zero-order chi connectivity index (χ0) is 24.2. The first-order valence-electron chi connectivity index (χ1n) is 10.8. The van der Waals surface area contributed by atoms with Crippen molar-refractivity contribution in [2.24, 2.45) is 0 Å². The predicted molar refractivity (Wildman–Crippen MR) is 127 cm³/mol. The number of aromatic nitrogens is 3. The van der Waals surface area contributed by atoms with E-state index in [2.05, 4.69) is 27.3 Å². The van der Waals surface area contributed by atoms with Crippen LogP contribution in [0, 0.1) is 22.7 Å². The summed E-state index contributed by atoms with van der Waals surface area (Å²) in [6.45, 7) is 4.13. The molecule has 0 aliphatic carbocycles. The summed E-state index contributed by atoms with van der Waals surface area (Å²) in [5.41, 5.74) is 4.35. The number of aromatic amines is 1. The summed E-state index contributed by atoms with van der Waals surface area (Å²) in [5, 5.41) is 26.3. The van der Waals surface area contributed by atoms with Crippen molar-refractivity contribution >= 4 is 16.8 Å². The first kappa shape index (κ1) is 22.5. The van der Waals surface area contributed by atoms with E-state index in [-0.39, 0.29) is 17.6 Å². The number of nitriles is 2. The van der Waals surface area contributed by atoms with Crippen molar-refractivity contribution < 1.29 is 9.53 Å². The third-order valence-electron chi connectivity index (χ3n) is 5.78. The second-order valence-electron chi connectivity index (χ2n) is 7.74. The molecule has 1 amide bonds. The lowest BCUT2D eigenvalue weighted by atomic mass is 10.0. The third kappa shape index (κ3) is 4.05. The molecule has 0 spiro atoms. The molecule has 1 atom stereocenters. The fourth-order valence-electron chi connectivity index (χ4n) is 3.85. The molecule has 0 bridgehead atoms. The van der Waals surface area contributed by atoms with Crippen LogP contribution in [-0.4, -0.2) is 39.6 Å². The molecule has 0 unspecified atom stereocenters. The molecule has 0 fully saturated rings. The van der Waals surface area contributed by atoms with Gasteiger partial charge >= 0.3 is 0 Å². The number of hydrogen-bond acceptors (Lipinski definition) is 6. The summed E-state index contributed by atoms with van der Waals surface area (Å²) in [6.07, 6.45) is 1.61. The third-order valence-corrected chi connectivity index (χ3v) is 5.78. The van der Waals surface area contributed by atoms with Gasteiger partial charge in [-0.3, -0.25) is 9.89 Å². The van der Waals surface area contributed by atoms with Crippen LogP contribution >= 0.6 is 0 Å². The van der Waals surface area contributed by atoms with Crippen LogP contribution in [0.4, 0.5) is 0 Å². The number of ether oxygens (including phenoxy) is 1. The normalized spacial score (nSPS) is 11.4. The molecule has 8 heteroatoms. The number of amides is 1. The summed E-state index contributed by atoms with van der Waals surface area (Å²) >= 11 is 0. The number of rotatable bonds is 6. The molecule has 2 aromatic heterocycles. The van der Waals surface area contributed by atoms with E-state index in [1.165, 1.54) is 0 Å². The summed E-state index contributed by atoms with van der Waals surface area (Å²) in [6, 6.07) is 18.1.